The lowest BCUT2D eigenvalue weighted by Crippen LogP contribution is -2.65. The average molecular weight is 351 g/mol. The molecule has 0 bridgehead atoms. The van der Waals surface area contributed by atoms with E-state index in [9.17, 15) is 9.59 Å². The number of hydrogen-bond donors (Lipinski definition) is 1. The molecule has 2 atom stereocenters. The van der Waals surface area contributed by atoms with E-state index in [1.165, 1.54) is 0 Å². The number of nitrogens with zero attached hydrogens (tertiary/aromatic N) is 1. The van der Waals surface area contributed by atoms with Gasteiger partial charge in [-0.2, -0.15) is 0 Å². The van der Waals surface area contributed by atoms with Crippen LogP contribution in [-0.4, -0.2) is 23.9 Å². The summed E-state index contributed by atoms with van der Waals surface area (Å²) in [4.78, 5) is 27.1. The Kier molecular flexibility index (Phi) is 3.78. The maximum Gasteiger partial charge on any atom is 0.250 e. The van der Waals surface area contributed by atoms with Crippen molar-refractivity contribution in [3.63, 3.8) is 0 Å². The molecular weight excluding hydrogens is 332 g/mol. The van der Waals surface area contributed by atoms with E-state index >= 15 is 0 Å². The summed E-state index contributed by atoms with van der Waals surface area (Å²) in [7, 11) is 0. The molecule has 1 aliphatic carbocycles. The molecule has 0 spiro atoms. The summed E-state index contributed by atoms with van der Waals surface area (Å²) in [5.41, 5.74) is 0.779. The van der Waals surface area contributed by atoms with Gasteiger partial charge in [0.1, 0.15) is 12.1 Å². The van der Waals surface area contributed by atoms with Crippen molar-refractivity contribution in [2.24, 2.45) is 11.8 Å². The highest BCUT2D eigenvalue weighted by Crippen LogP contribution is 2.38. The molecule has 3 rings (SSSR count). The number of benzene rings is 1. The Morgan fingerprint density at radius 2 is 1.90 bits per heavy atom. The standard InChI is InChI=1S/C16H19BrN2O2/c1-9(2)14-15(20)18-13(10-7-8-10)16(21)19(14)12-6-4-3-5-11(12)17/h3-6,9-10,13-14H,7-8H2,1-2H3,(H,18,20). The minimum absolute atomic E-state index is 0.0164. The second-order valence-corrected chi connectivity index (χ2v) is 7.03. The highest BCUT2D eigenvalue weighted by atomic mass is 79.9. The Bertz CT molecular complexity index is 583. The van der Waals surface area contributed by atoms with Crippen LogP contribution in [0, 0.1) is 11.8 Å². The average Bonchev–Trinajstić information content (AvgIpc) is 3.25. The highest BCUT2D eigenvalue weighted by molar-refractivity contribution is 9.10. The zero-order chi connectivity index (χ0) is 15.1. The highest BCUT2D eigenvalue weighted by Gasteiger charge is 2.48. The number of anilines is 1. The normalized spacial score (nSPS) is 26.2. The summed E-state index contributed by atoms with van der Waals surface area (Å²) < 4.78 is 0.841. The molecule has 1 heterocycles. The molecule has 1 aromatic carbocycles. The molecule has 5 heteroatoms. The van der Waals surface area contributed by atoms with Gasteiger partial charge in [-0.15, -0.1) is 0 Å². The molecule has 1 aliphatic heterocycles. The van der Waals surface area contributed by atoms with Crippen LogP contribution >= 0.6 is 15.9 Å². The number of para-hydroxylation sites is 1. The molecule has 4 nitrogen and oxygen atoms in total. The van der Waals surface area contributed by atoms with Crippen LogP contribution in [0.3, 0.4) is 0 Å². The van der Waals surface area contributed by atoms with Crippen molar-refractivity contribution in [2.75, 3.05) is 4.90 Å². The van der Waals surface area contributed by atoms with Crippen molar-refractivity contribution >= 4 is 33.4 Å². The minimum Gasteiger partial charge on any atom is -0.342 e. The van der Waals surface area contributed by atoms with Gasteiger partial charge in [-0.25, -0.2) is 0 Å². The van der Waals surface area contributed by atoms with Crippen LogP contribution in [0.5, 0.6) is 0 Å². The van der Waals surface area contributed by atoms with Crippen LogP contribution in [0.2, 0.25) is 0 Å². The number of carbonyl (C=O) groups is 2. The number of hydrogen-bond acceptors (Lipinski definition) is 2. The molecule has 1 saturated heterocycles. The predicted octanol–water partition coefficient (Wildman–Crippen LogP) is 2.72. The zero-order valence-corrected chi connectivity index (χ0v) is 13.8. The summed E-state index contributed by atoms with van der Waals surface area (Å²) >= 11 is 3.50. The van der Waals surface area contributed by atoms with E-state index in [1.807, 2.05) is 38.1 Å². The Labute approximate surface area is 133 Å². The monoisotopic (exact) mass is 350 g/mol. The summed E-state index contributed by atoms with van der Waals surface area (Å²) in [6, 6.07) is 6.78. The Balaban J connectivity index is 2.03. The van der Waals surface area contributed by atoms with Crippen LogP contribution in [0.25, 0.3) is 0 Å². The third-order valence-electron chi connectivity index (χ3n) is 4.18. The first kappa shape index (κ1) is 14.6. The first-order valence-electron chi connectivity index (χ1n) is 7.38. The van der Waals surface area contributed by atoms with E-state index in [1.54, 1.807) is 4.90 Å². The fourth-order valence-electron chi connectivity index (χ4n) is 2.97. The van der Waals surface area contributed by atoms with E-state index < -0.39 is 6.04 Å². The quantitative estimate of drug-likeness (QED) is 0.910. The molecule has 21 heavy (non-hydrogen) atoms. The Morgan fingerprint density at radius 1 is 1.24 bits per heavy atom. The van der Waals surface area contributed by atoms with Crippen molar-refractivity contribution < 1.29 is 9.59 Å². The smallest absolute Gasteiger partial charge is 0.250 e. The lowest BCUT2D eigenvalue weighted by molar-refractivity contribution is -0.135. The van der Waals surface area contributed by atoms with Gasteiger partial charge in [-0.3, -0.25) is 14.5 Å². The topological polar surface area (TPSA) is 49.4 Å². The largest absolute Gasteiger partial charge is 0.342 e. The minimum atomic E-state index is -0.453. The second kappa shape index (κ2) is 5.44. The van der Waals surface area contributed by atoms with Crippen molar-refractivity contribution in [1.29, 1.82) is 0 Å². The molecule has 2 amide bonds. The van der Waals surface area contributed by atoms with E-state index in [4.69, 9.17) is 0 Å². The van der Waals surface area contributed by atoms with E-state index in [-0.39, 0.29) is 23.8 Å². The Morgan fingerprint density at radius 3 is 2.48 bits per heavy atom. The van der Waals surface area contributed by atoms with Gasteiger partial charge in [0, 0.05) is 4.47 Å². The molecule has 0 aromatic heterocycles. The number of nitrogens with one attached hydrogen (secondary N) is 1. The molecular formula is C16H19BrN2O2. The lowest BCUT2D eigenvalue weighted by Gasteiger charge is -2.41. The lowest BCUT2D eigenvalue weighted by atomic mass is 9.95. The van der Waals surface area contributed by atoms with Crippen LogP contribution in [0.1, 0.15) is 26.7 Å². The van der Waals surface area contributed by atoms with E-state index in [2.05, 4.69) is 21.2 Å². The van der Waals surface area contributed by atoms with Crippen molar-refractivity contribution in [2.45, 2.75) is 38.8 Å². The third kappa shape index (κ3) is 2.59. The van der Waals surface area contributed by atoms with Gasteiger partial charge >= 0.3 is 0 Å². The molecule has 0 radical (unpaired) electrons. The van der Waals surface area contributed by atoms with Crippen LogP contribution in [0.15, 0.2) is 28.7 Å². The van der Waals surface area contributed by atoms with Crippen molar-refractivity contribution in [1.82, 2.24) is 5.32 Å². The molecule has 1 N–H and O–H groups in total. The zero-order valence-electron chi connectivity index (χ0n) is 12.2. The molecule has 1 saturated carbocycles. The fraction of sp³-hybridized carbons (Fsp3) is 0.500. The molecule has 1 aromatic rings. The molecule has 2 unspecified atom stereocenters. The van der Waals surface area contributed by atoms with Gasteiger partial charge in [-0.05, 0) is 52.7 Å². The van der Waals surface area contributed by atoms with Gasteiger partial charge in [0.15, 0.2) is 0 Å². The SMILES string of the molecule is CC(C)C1C(=O)NC(C2CC2)C(=O)N1c1ccccc1Br. The number of rotatable bonds is 3. The van der Waals surface area contributed by atoms with E-state index in [0.717, 1.165) is 23.0 Å². The first-order valence-corrected chi connectivity index (χ1v) is 8.18. The fourth-order valence-corrected chi connectivity index (χ4v) is 3.45. The maximum absolute atomic E-state index is 12.9. The van der Waals surface area contributed by atoms with Crippen LogP contribution in [-0.2, 0) is 9.59 Å². The van der Waals surface area contributed by atoms with Crippen LogP contribution in [0.4, 0.5) is 5.69 Å². The third-order valence-corrected chi connectivity index (χ3v) is 4.86. The summed E-state index contributed by atoms with van der Waals surface area (Å²) in [5.74, 6) is 0.334. The number of carbonyl (C=O) groups excluding carboxylic acids is 2. The van der Waals surface area contributed by atoms with E-state index in [0.29, 0.717) is 5.92 Å². The first-order chi connectivity index (χ1) is 10.0. The molecule has 112 valence electrons. The van der Waals surface area contributed by atoms with Crippen molar-refractivity contribution in [3.8, 4) is 0 Å². The van der Waals surface area contributed by atoms with Gasteiger partial charge in [0.25, 0.3) is 5.91 Å². The summed E-state index contributed by atoms with van der Waals surface area (Å²) in [6.07, 6.45) is 2.04. The summed E-state index contributed by atoms with van der Waals surface area (Å²) in [5, 5.41) is 2.93. The number of halogens is 1. The van der Waals surface area contributed by atoms with Crippen LogP contribution < -0.4 is 10.2 Å². The Hall–Kier alpha value is -1.36. The van der Waals surface area contributed by atoms with Gasteiger partial charge < -0.3 is 5.32 Å². The number of piperazine rings is 1. The second-order valence-electron chi connectivity index (χ2n) is 6.17. The summed E-state index contributed by atoms with van der Waals surface area (Å²) in [6.45, 7) is 3.94. The van der Waals surface area contributed by atoms with Gasteiger partial charge in [0.2, 0.25) is 5.91 Å². The molecule has 2 aliphatic rings. The van der Waals surface area contributed by atoms with Crippen molar-refractivity contribution in [3.05, 3.63) is 28.7 Å². The van der Waals surface area contributed by atoms with Gasteiger partial charge in [-0.1, -0.05) is 26.0 Å². The van der Waals surface area contributed by atoms with Gasteiger partial charge in [0.05, 0.1) is 5.69 Å². The predicted molar refractivity (Wildman–Crippen MR) is 84.9 cm³/mol. The molecule has 2 fully saturated rings. The maximum atomic E-state index is 12.9. The number of amides is 2.